The lowest BCUT2D eigenvalue weighted by Crippen LogP contribution is -2.51. The standard InChI is InChI=1S/C29H34ClN3O5S/c1-3-16-32(39(36,37)26-12-6-22(2)7-13-26)21-28(34)33(20-23-8-10-24(30)11-9-23)25-14-17-31(18-15-25)29(35)27-5-4-19-38-27/h4-13,19,25H,3,14-18,20-21H2,1-2H3. The van der Waals surface area contributed by atoms with Crippen LogP contribution in [0.25, 0.3) is 0 Å². The molecule has 1 aliphatic heterocycles. The second-order valence-corrected chi connectivity index (χ2v) is 12.2. The molecule has 0 radical (unpaired) electrons. The van der Waals surface area contributed by atoms with Gasteiger partial charge in [0, 0.05) is 37.2 Å². The molecule has 0 atom stereocenters. The number of carbonyl (C=O) groups is 2. The van der Waals surface area contributed by atoms with Crippen LogP contribution >= 0.6 is 11.6 Å². The van der Waals surface area contributed by atoms with E-state index in [0.29, 0.717) is 49.7 Å². The van der Waals surface area contributed by atoms with Crippen molar-refractivity contribution in [3.8, 4) is 0 Å². The fourth-order valence-corrected chi connectivity index (χ4v) is 6.39. The van der Waals surface area contributed by atoms with E-state index in [1.807, 2.05) is 26.0 Å². The van der Waals surface area contributed by atoms with Gasteiger partial charge < -0.3 is 14.2 Å². The first kappa shape index (κ1) is 28.9. The molecule has 1 aliphatic rings. The maximum absolute atomic E-state index is 13.8. The maximum Gasteiger partial charge on any atom is 0.289 e. The van der Waals surface area contributed by atoms with Crippen molar-refractivity contribution < 1.29 is 22.4 Å². The van der Waals surface area contributed by atoms with E-state index in [0.717, 1.165) is 11.1 Å². The highest BCUT2D eigenvalue weighted by atomic mass is 35.5. The molecule has 4 rings (SSSR count). The largest absolute Gasteiger partial charge is 0.459 e. The molecule has 2 heterocycles. The van der Waals surface area contributed by atoms with Crippen LogP contribution in [0.15, 0.2) is 76.2 Å². The summed E-state index contributed by atoms with van der Waals surface area (Å²) in [5.74, 6) is -0.156. The first-order chi connectivity index (χ1) is 18.7. The van der Waals surface area contributed by atoms with Crippen molar-refractivity contribution in [2.24, 2.45) is 0 Å². The Hall–Kier alpha value is -3.14. The van der Waals surface area contributed by atoms with Crippen LogP contribution in [-0.4, -0.2) is 66.6 Å². The quantitative estimate of drug-likeness (QED) is 0.342. The number of carbonyl (C=O) groups excluding carboxylic acids is 2. The van der Waals surface area contributed by atoms with Gasteiger partial charge in [-0.05, 0) is 68.1 Å². The number of amides is 2. The third kappa shape index (κ3) is 7.09. The van der Waals surface area contributed by atoms with Gasteiger partial charge in [0.05, 0.1) is 17.7 Å². The normalized spacial score (nSPS) is 14.5. The number of piperidine rings is 1. The number of benzene rings is 2. The number of furan rings is 1. The summed E-state index contributed by atoms with van der Waals surface area (Å²) in [5, 5.41) is 0.597. The minimum Gasteiger partial charge on any atom is -0.459 e. The summed E-state index contributed by atoms with van der Waals surface area (Å²) in [5.41, 5.74) is 1.85. The van der Waals surface area contributed by atoms with Gasteiger partial charge in [0.25, 0.3) is 5.91 Å². The number of aryl methyl sites for hydroxylation is 1. The van der Waals surface area contributed by atoms with Gasteiger partial charge in [-0.25, -0.2) is 8.42 Å². The Balaban J connectivity index is 1.54. The number of sulfonamides is 1. The number of likely N-dealkylation sites (tertiary alicyclic amines) is 1. The topological polar surface area (TPSA) is 91.1 Å². The minimum absolute atomic E-state index is 0.153. The maximum atomic E-state index is 13.8. The van der Waals surface area contributed by atoms with Gasteiger partial charge in [0.15, 0.2) is 5.76 Å². The molecule has 0 N–H and O–H groups in total. The Bertz CT molecular complexity index is 1350. The van der Waals surface area contributed by atoms with E-state index < -0.39 is 10.0 Å². The first-order valence-electron chi connectivity index (χ1n) is 13.1. The summed E-state index contributed by atoms with van der Waals surface area (Å²) in [6.07, 6.45) is 3.19. The Kier molecular flexibility index (Phi) is 9.48. The predicted octanol–water partition coefficient (Wildman–Crippen LogP) is 4.98. The molecule has 1 saturated heterocycles. The molecule has 1 fully saturated rings. The van der Waals surface area contributed by atoms with Gasteiger partial charge in [-0.15, -0.1) is 0 Å². The SMILES string of the molecule is CCCN(CC(=O)N(Cc1ccc(Cl)cc1)C1CCN(C(=O)c2ccco2)CC1)S(=O)(=O)c1ccc(C)cc1. The van der Waals surface area contributed by atoms with Crippen LogP contribution in [0.1, 0.15) is 47.9 Å². The third-order valence-corrected chi connectivity index (χ3v) is 9.07. The number of nitrogens with zero attached hydrogens (tertiary/aromatic N) is 3. The van der Waals surface area contributed by atoms with E-state index in [9.17, 15) is 18.0 Å². The monoisotopic (exact) mass is 571 g/mol. The van der Waals surface area contributed by atoms with Crippen molar-refractivity contribution >= 4 is 33.4 Å². The summed E-state index contributed by atoms with van der Waals surface area (Å²) in [4.78, 5) is 30.2. The highest BCUT2D eigenvalue weighted by Gasteiger charge is 2.33. The van der Waals surface area contributed by atoms with Gasteiger partial charge in [0.2, 0.25) is 15.9 Å². The average Bonchev–Trinajstić information content (AvgIpc) is 3.47. The zero-order valence-corrected chi connectivity index (χ0v) is 23.8. The first-order valence-corrected chi connectivity index (χ1v) is 14.9. The summed E-state index contributed by atoms with van der Waals surface area (Å²) >= 11 is 6.07. The molecule has 2 aromatic carbocycles. The molecule has 2 amide bonds. The molecule has 8 nitrogen and oxygen atoms in total. The zero-order valence-electron chi connectivity index (χ0n) is 22.3. The van der Waals surface area contributed by atoms with Crippen LogP contribution in [-0.2, 0) is 21.4 Å². The third-order valence-electron chi connectivity index (χ3n) is 6.95. The zero-order chi connectivity index (χ0) is 28.0. The van der Waals surface area contributed by atoms with E-state index in [2.05, 4.69) is 0 Å². The summed E-state index contributed by atoms with van der Waals surface area (Å²) in [7, 11) is -3.86. The predicted molar refractivity (Wildman–Crippen MR) is 150 cm³/mol. The Morgan fingerprint density at radius 3 is 2.28 bits per heavy atom. The lowest BCUT2D eigenvalue weighted by atomic mass is 10.0. The lowest BCUT2D eigenvalue weighted by Gasteiger charge is -2.39. The van der Waals surface area contributed by atoms with Crippen molar-refractivity contribution in [1.29, 1.82) is 0 Å². The van der Waals surface area contributed by atoms with E-state index in [1.54, 1.807) is 58.3 Å². The molecule has 0 bridgehead atoms. The van der Waals surface area contributed by atoms with Gasteiger partial charge in [0.1, 0.15) is 0 Å². The highest BCUT2D eigenvalue weighted by Crippen LogP contribution is 2.24. The molecule has 0 aliphatic carbocycles. The molecule has 0 unspecified atom stereocenters. The Labute approximate surface area is 235 Å². The van der Waals surface area contributed by atoms with Gasteiger partial charge in [-0.3, -0.25) is 9.59 Å². The van der Waals surface area contributed by atoms with Gasteiger partial charge >= 0.3 is 0 Å². The Morgan fingerprint density at radius 2 is 1.69 bits per heavy atom. The van der Waals surface area contributed by atoms with Crippen LogP contribution in [0.2, 0.25) is 5.02 Å². The summed E-state index contributed by atoms with van der Waals surface area (Å²) in [6.45, 7) is 5.00. The van der Waals surface area contributed by atoms with Crippen LogP contribution in [0.3, 0.4) is 0 Å². The summed E-state index contributed by atoms with van der Waals surface area (Å²) in [6, 6.07) is 17.1. The van der Waals surface area contributed by atoms with Gasteiger partial charge in [-0.2, -0.15) is 4.31 Å². The fraction of sp³-hybridized carbons (Fsp3) is 0.379. The molecule has 1 aromatic heterocycles. The highest BCUT2D eigenvalue weighted by molar-refractivity contribution is 7.89. The van der Waals surface area contributed by atoms with Crippen LogP contribution < -0.4 is 0 Å². The lowest BCUT2D eigenvalue weighted by molar-refractivity contribution is -0.135. The van der Waals surface area contributed by atoms with Crippen molar-refractivity contribution in [1.82, 2.24) is 14.1 Å². The number of halogens is 1. The summed E-state index contributed by atoms with van der Waals surface area (Å²) < 4.78 is 33.5. The van der Waals surface area contributed by atoms with E-state index in [1.165, 1.54) is 10.6 Å². The fourth-order valence-electron chi connectivity index (χ4n) is 4.78. The molecule has 10 heteroatoms. The van der Waals surface area contributed by atoms with Crippen molar-refractivity contribution in [3.63, 3.8) is 0 Å². The van der Waals surface area contributed by atoms with E-state index >= 15 is 0 Å². The number of hydrogen-bond acceptors (Lipinski definition) is 5. The molecular weight excluding hydrogens is 538 g/mol. The van der Waals surface area contributed by atoms with Crippen molar-refractivity contribution in [3.05, 3.63) is 88.8 Å². The number of rotatable bonds is 10. The molecule has 3 aromatic rings. The second-order valence-electron chi connectivity index (χ2n) is 9.80. The van der Waals surface area contributed by atoms with E-state index in [4.69, 9.17) is 16.0 Å². The van der Waals surface area contributed by atoms with Crippen LogP contribution in [0, 0.1) is 6.92 Å². The smallest absolute Gasteiger partial charge is 0.289 e. The minimum atomic E-state index is -3.86. The van der Waals surface area contributed by atoms with Crippen molar-refractivity contribution in [2.45, 2.75) is 50.6 Å². The molecule has 0 spiro atoms. The Morgan fingerprint density at radius 1 is 1.03 bits per heavy atom. The number of hydrogen-bond donors (Lipinski definition) is 0. The second kappa shape index (κ2) is 12.8. The molecular formula is C29H34ClN3O5S. The van der Waals surface area contributed by atoms with Gasteiger partial charge in [-0.1, -0.05) is 48.4 Å². The average molecular weight is 572 g/mol. The van der Waals surface area contributed by atoms with Crippen LogP contribution in [0.4, 0.5) is 0 Å². The molecule has 39 heavy (non-hydrogen) atoms. The van der Waals surface area contributed by atoms with Crippen LogP contribution in [0.5, 0.6) is 0 Å². The molecule has 0 saturated carbocycles. The molecule has 208 valence electrons. The van der Waals surface area contributed by atoms with Crippen molar-refractivity contribution in [2.75, 3.05) is 26.2 Å². The van der Waals surface area contributed by atoms with E-state index in [-0.39, 0.29) is 35.8 Å².